The summed E-state index contributed by atoms with van der Waals surface area (Å²) in [6, 6.07) is 0. The summed E-state index contributed by atoms with van der Waals surface area (Å²) in [5, 5.41) is 0. The minimum Gasteiger partial charge on any atom is -0.380 e. The van der Waals surface area contributed by atoms with Gasteiger partial charge in [-0.25, -0.2) is 0 Å². The van der Waals surface area contributed by atoms with Crippen molar-refractivity contribution in [2.45, 2.75) is 83.5 Å². The summed E-state index contributed by atoms with van der Waals surface area (Å²) in [5.41, 5.74) is 0. The molecule has 0 radical (unpaired) electrons. The number of rotatable bonds is 0. The van der Waals surface area contributed by atoms with E-state index in [0.717, 1.165) is 19.8 Å². The Bertz CT molecular complexity index is 465. The van der Waals surface area contributed by atoms with Crippen molar-refractivity contribution in [1.29, 1.82) is 0 Å². The highest BCUT2D eigenvalue weighted by atomic mass is 16.5. The number of nitrogens with zero attached hydrogens (tertiary/aromatic N) is 6. The van der Waals surface area contributed by atoms with Crippen LogP contribution in [0.3, 0.4) is 0 Å². The third kappa shape index (κ3) is 24.3. The molecule has 0 unspecified atom stereocenters. The van der Waals surface area contributed by atoms with Crippen LogP contribution in [0.4, 0.5) is 0 Å². The van der Waals surface area contributed by atoms with Gasteiger partial charge in [-0.3, -0.25) is 0 Å². The summed E-state index contributed by atoms with van der Waals surface area (Å²) in [4.78, 5) is 14.1. The lowest BCUT2D eigenvalue weighted by Crippen LogP contribution is -2.32. The van der Waals surface area contributed by atoms with E-state index in [9.17, 15) is 0 Å². The molecule has 40 heavy (non-hydrogen) atoms. The van der Waals surface area contributed by atoms with Gasteiger partial charge in [0.25, 0.3) is 0 Å². The van der Waals surface area contributed by atoms with Gasteiger partial charge < -0.3 is 34.1 Å². The van der Waals surface area contributed by atoms with Crippen molar-refractivity contribution >= 4 is 0 Å². The van der Waals surface area contributed by atoms with Crippen LogP contribution in [0, 0.1) is 0 Å². The Kier molecular flexibility index (Phi) is 24.9. The van der Waals surface area contributed by atoms with Crippen molar-refractivity contribution in [3.05, 3.63) is 0 Å². The zero-order chi connectivity index (χ0) is 29.3. The summed E-state index contributed by atoms with van der Waals surface area (Å²) in [6.45, 7) is 17.3. The molecule has 0 amide bonds. The minimum absolute atomic E-state index is 0.913. The smallest absolute Gasteiger partial charge is 0.0593 e. The molecular formula is C33H72N6O. The normalized spacial score (nSPS) is 25.4. The molecule has 6 heterocycles. The molecule has 7 heteroatoms. The molecule has 240 valence electrons. The monoisotopic (exact) mass is 569 g/mol. The SMILES string of the molecule is CN1CCC1.CN1CCCC1.CN1CCCCC1.CN1CCCCC1.CN1CCCCC1.CN1CCCOCC1. The third-order valence-corrected chi connectivity index (χ3v) is 8.59. The first-order valence-corrected chi connectivity index (χ1v) is 17.1. The fraction of sp³-hybridized carbons (Fsp3) is 1.00. The number of likely N-dealkylation sites (N-methyl/N-ethyl adjacent to an activating group) is 1. The van der Waals surface area contributed by atoms with E-state index in [1.807, 2.05) is 0 Å². The summed E-state index contributed by atoms with van der Waals surface area (Å²) in [5.74, 6) is 0. The molecule has 6 rings (SSSR count). The second-order valence-corrected chi connectivity index (χ2v) is 13.0. The largest absolute Gasteiger partial charge is 0.380 e. The molecular weight excluding hydrogens is 496 g/mol. The Hall–Kier alpha value is -0.280. The first-order valence-electron chi connectivity index (χ1n) is 17.1. The number of ether oxygens (including phenoxy) is 1. The molecule has 0 aromatic rings. The quantitative estimate of drug-likeness (QED) is 0.419. The van der Waals surface area contributed by atoms with Crippen molar-refractivity contribution in [3.63, 3.8) is 0 Å². The van der Waals surface area contributed by atoms with Crippen LogP contribution in [0.2, 0.25) is 0 Å². The highest BCUT2D eigenvalue weighted by Gasteiger charge is 2.06. The maximum absolute atomic E-state index is 5.22. The Labute approximate surface area is 251 Å². The molecule has 0 atom stereocenters. The lowest BCUT2D eigenvalue weighted by Gasteiger charge is -2.24. The predicted molar refractivity (Wildman–Crippen MR) is 176 cm³/mol. The molecule has 0 aromatic carbocycles. The zero-order valence-corrected chi connectivity index (χ0v) is 28.2. The Morgan fingerprint density at radius 1 is 0.250 bits per heavy atom. The van der Waals surface area contributed by atoms with E-state index in [4.69, 9.17) is 4.74 Å². The van der Waals surface area contributed by atoms with Gasteiger partial charge in [0.15, 0.2) is 0 Å². The maximum atomic E-state index is 5.22. The van der Waals surface area contributed by atoms with Gasteiger partial charge in [-0.05, 0) is 172 Å². The van der Waals surface area contributed by atoms with Gasteiger partial charge in [-0.15, -0.1) is 0 Å². The zero-order valence-electron chi connectivity index (χ0n) is 28.2. The summed E-state index contributed by atoms with van der Waals surface area (Å²) >= 11 is 0. The fourth-order valence-electron chi connectivity index (χ4n) is 5.38. The highest BCUT2D eigenvalue weighted by molar-refractivity contribution is 4.62. The summed E-state index contributed by atoms with van der Waals surface area (Å²) < 4.78 is 5.22. The lowest BCUT2D eigenvalue weighted by molar-refractivity contribution is 0.144. The molecule has 6 aliphatic heterocycles. The molecule has 0 bridgehead atoms. The molecule has 6 saturated heterocycles. The molecule has 0 N–H and O–H groups in total. The first kappa shape index (κ1) is 37.7. The van der Waals surface area contributed by atoms with Crippen molar-refractivity contribution in [3.8, 4) is 0 Å². The van der Waals surface area contributed by atoms with Crippen molar-refractivity contribution in [2.24, 2.45) is 0 Å². The number of hydrogen-bond donors (Lipinski definition) is 0. The fourth-order valence-corrected chi connectivity index (χ4v) is 5.38. The van der Waals surface area contributed by atoms with E-state index >= 15 is 0 Å². The Morgan fingerprint density at radius 3 is 0.725 bits per heavy atom. The van der Waals surface area contributed by atoms with Crippen LogP contribution in [-0.4, -0.2) is 163 Å². The number of hydrogen-bond acceptors (Lipinski definition) is 7. The van der Waals surface area contributed by atoms with Gasteiger partial charge in [-0.1, -0.05) is 19.3 Å². The van der Waals surface area contributed by atoms with Crippen molar-refractivity contribution < 1.29 is 4.74 Å². The molecule has 0 spiro atoms. The van der Waals surface area contributed by atoms with Gasteiger partial charge in [-0.2, -0.15) is 0 Å². The second-order valence-electron chi connectivity index (χ2n) is 13.0. The maximum Gasteiger partial charge on any atom is 0.0593 e. The number of piperidine rings is 3. The molecule has 7 nitrogen and oxygen atoms in total. The standard InChI is InChI=1S/C6H13NO.3C6H13N.C5H11N.C4H9N/c1-7-3-2-5-8-6-4-7;3*1-7-5-3-2-4-6-7;1-6-4-2-3-5-6;1-5-3-2-4-5/h2-6H2,1H3;3*2-6H2,1H3;2-5H2,1H3;2-4H2,1H3. The topological polar surface area (TPSA) is 28.7 Å². The average molecular weight is 569 g/mol. The van der Waals surface area contributed by atoms with Crippen LogP contribution >= 0.6 is 0 Å². The van der Waals surface area contributed by atoms with Crippen LogP contribution < -0.4 is 0 Å². The van der Waals surface area contributed by atoms with E-state index in [-0.39, 0.29) is 0 Å². The second kappa shape index (κ2) is 26.4. The van der Waals surface area contributed by atoms with Gasteiger partial charge in [0.1, 0.15) is 0 Å². The van der Waals surface area contributed by atoms with Crippen molar-refractivity contribution in [2.75, 3.05) is 134 Å². The van der Waals surface area contributed by atoms with E-state index in [1.165, 1.54) is 155 Å². The Balaban J connectivity index is 0.000000241. The lowest BCUT2D eigenvalue weighted by atomic mass is 10.1. The molecule has 6 fully saturated rings. The van der Waals surface area contributed by atoms with Crippen LogP contribution in [0.5, 0.6) is 0 Å². The summed E-state index contributed by atoms with van der Waals surface area (Å²) in [6.07, 6.45) is 18.3. The number of likely N-dealkylation sites (tertiary alicyclic amines) is 5. The van der Waals surface area contributed by atoms with E-state index in [1.54, 1.807) is 0 Å². The first-order chi connectivity index (χ1) is 19.4. The van der Waals surface area contributed by atoms with Crippen molar-refractivity contribution in [1.82, 2.24) is 29.4 Å². The van der Waals surface area contributed by atoms with Gasteiger partial charge in [0.2, 0.25) is 0 Å². The highest BCUT2D eigenvalue weighted by Crippen LogP contribution is 2.06. The predicted octanol–water partition coefficient (Wildman–Crippen LogP) is 4.68. The van der Waals surface area contributed by atoms with Crippen LogP contribution in [-0.2, 0) is 4.74 Å². The minimum atomic E-state index is 0.913. The van der Waals surface area contributed by atoms with Gasteiger partial charge >= 0.3 is 0 Å². The van der Waals surface area contributed by atoms with E-state index in [2.05, 4.69) is 71.7 Å². The van der Waals surface area contributed by atoms with Crippen LogP contribution in [0.15, 0.2) is 0 Å². The van der Waals surface area contributed by atoms with Crippen LogP contribution in [0.1, 0.15) is 83.5 Å². The molecule has 6 aliphatic rings. The molecule has 0 aliphatic carbocycles. The van der Waals surface area contributed by atoms with Gasteiger partial charge in [0.05, 0.1) is 6.61 Å². The van der Waals surface area contributed by atoms with Crippen LogP contribution in [0.25, 0.3) is 0 Å². The summed E-state index contributed by atoms with van der Waals surface area (Å²) in [7, 11) is 13.0. The van der Waals surface area contributed by atoms with Gasteiger partial charge in [0, 0.05) is 19.7 Å². The molecule has 0 saturated carbocycles. The Morgan fingerprint density at radius 2 is 0.500 bits per heavy atom. The third-order valence-electron chi connectivity index (χ3n) is 8.59. The average Bonchev–Trinajstić information content (AvgIpc) is 3.30. The van der Waals surface area contributed by atoms with E-state index in [0.29, 0.717) is 0 Å². The molecule has 0 aromatic heterocycles. The van der Waals surface area contributed by atoms with E-state index < -0.39 is 0 Å².